The fraction of sp³-hybridized carbons (Fsp3) is 0.0500. The Balaban J connectivity index is 1.46. The van der Waals surface area contributed by atoms with E-state index in [1.165, 1.54) is 36.5 Å². The number of hydrogen-bond donors (Lipinski definition) is 2. The molecule has 1 amide bonds. The number of H-pyrrole nitrogens is 1. The Kier molecular flexibility index (Phi) is 4.81. The van der Waals surface area contributed by atoms with Crippen LogP contribution < -0.4 is 5.32 Å². The van der Waals surface area contributed by atoms with Gasteiger partial charge < -0.3 is 5.32 Å². The molecule has 0 bridgehead atoms. The van der Waals surface area contributed by atoms with Crippen molar-refractivity contribution < 1.29 is 17.6 Å². The second kappa shape index (κ2) is 7.44. The molecular formula is C20H15FN4O3S. The van der Waals surface area contributed by atoms with Crippen LogP contribution in [0.4, 0.5) is 4.39 Å². The van der Waals surface area contributed by atoms with Crippen LogP contribution in [0.5, 0.6) is 0 Å². The van der Waals surface area contributed by atoms with Gasteiger partial charge in [-0.1, -0.05) is 18.2 Å². The average molecular weight is 410 g/mol. The Morgan fingerprint density at radius 1 is 1.03 bits per heavy atom. The van der Waals surface area contributed by atoms with Gasteiger partial charge in [0.15, 0.2) is 5.65 Å². The molecule has 0 unspecified atom stereocenters. The molecule has 29 heavy (non-hydrogen) atoms. The number of carbonyl (C=O) groups is 1. The summed E-state index contributed by atoms with van der Waals surface area (Å²) in [6.07, 6.45) is 3.03. The number of hydrogen-bond acceptors (Lipinski definition) is 5. The molecule has 9 heteroatoms. The highest BCUT2D eigenvalue weighted by Gasteiger charge is 2.18. The Labute approximate surface area is 165 Å². The van der Waals surface area contributed by atoms with Gasteiger partial charge in [0.25, 0.3) is 5.91 Å². The van der Waals surface area contributed by atoms with Gasteiger partial charge >= 0.3 is 0 Å². The molecule has 7 nitrogen and oxygen atoms in total. The summed E-state index contributed by atoms with van der Waals surface area (Å²) >= 11 is 0. The predicted molar refractivity (Wildman–Crippen MR) is 103 cm³/mol. The van der Waals surface area contributed by atoms with Crippen LogP contribution in [0.2, 0.25) is 0 Å². The first-order valence-corrected chi connectivity index (χ1v) is 10.1. The SMILES string of the molecule is O=C(NCc1ccc(S(=O)(=O)c2cccc(F)c2)cc1)c1cnc2[nH]ncc2c1. The Morgan fingerprint density at radius 3 is 2.59 bits per heavy atom. The zero-order valence-electron chi connectivity index (χ0n) is 15.0. The van der Waals surface area contributed by atoms with E-state index in [-0.39, 0.29) is 22.2 Å². The first-order valence-electron chi connectivity index (χ1n) is 8.60. The van der Waals surface area contributed by atoms with Crippen molar-refractivity contribution in [1.29, 1.82) is 0 Å². The summed E-state index contributed by atoms with van der Waals surface area (Å²) in [6.45, 7) is 0.211. The van der Waals surface area contributed by atoms with Crippen molar-refractivity contribution >= 4 is 26.8 Å². The van der Waals surface area contributed by atoms with Crippen molar-refractivity contribution in [2.75, 3.05) is 0 Å². The number of rotatable bonds is 5. The number of fused-ring (bicyclic) bond motifs is 1. The third-order valence-corrected chi connectivity index (χ3v) is 6.11. The molecule has 2 N–H and O–H groups in total. The summed E-state index contributed by atoms with van der Waals surface area (Å²) in [5.74, 6) is -0.925. The summed E-state index contributed by atoms with van der Waals surface area (Å²) in [4.78, 5) is 16.4. The van der Waals surface area contributed by atoms with E-state index in [0.717, 1.165) is 11.5 Å². The molecule has 0 aliphatic heterocycles. The lowest BCUT2D eigenvalue weighted by molar-refractivity contribution is 0.0950. The number of halogens is 1. The molecule has 2 aromatic heterocycles. The summed E-state index contributed by atoms with van der Waals surface area (Å²) in [5, 5.41) is 10.1. The smallest absolute Gasteiger partial charge is 0.253 e. The monoisotopic (exact) mass is 410 g/mol. The van der Waals surface area contributed by atoms with Crippen molar-refractivity contribution in [2.24, 2.45) is 0 Å². The summed E-state index contributed by atoms with van der Waals surface area (Å²) in [7, 11) is -3.81. The van der Waals surface area contributed by atoms with Gasteiger partial charge in [0.1, 0.15) is 5.82 Å². The summed E-state index contributed by atoms with van der Waals surface area (Å²) in [6, 6.07) is 12.6. The largest absolute Gasteiger partial charge is 0.348 e. The van der Waals surface area contributed by atoms with Gasteiger partial charge in [-0.05, 0) is 42.0 Å². The number of nitrogens with zero attached hydrogens (tertiary/aromatic N) is 2. The number of nitrogens with one attached hydrogen (secondary N) is 2. The van der Waals surface area contributed by atoms with Gasteiger partial charge in [-0.25, -0.2) is 17.8 Å². The molecule has 146 valence electrons. The molecule has 0 aliphatic rings. The Bertz CT molecular complexity index is 1300. The highest BCUT2D eigenvalue weighted by Crippen LogP contribution is 2.21. The van der Waals surface area contributed by atoms with Gasteiger partial charge in [0.05, 0.1) is 21.6 Å². The maximum atomic E-state index is 13.3. The van der Waals surface area contributed by atoms with Crippen molar-refractivity contribution in [3.63, 3.8) is 0 Å². The topological polar surface area (TPSA) is 105 Å². The number of aromatic nitrogens is 3. The number of pyridine rings is 1. The normalized spacial score (nSPS) is 11.5. The van der Waals surface area contributed by atoms with Gasteiger partial charge in [-0.15, -0.1) is 0 Å². The fourth-order valence-electron chi connectivity index (χ4n) is 2.80. The number of benzene rings is 2. The van der Waals surface area contributed by atoms with Crippen LogP contribution in [0, 0.1) is 5.82 Å². The lowest BCUT2D eigenvalue weighted by Crippen LogP contribution is -2.22. The zero-order chi connectivity index (χ0) is 20.4. The van der Waals surface area contributed by atoms with Crippen LogP contribution in [0.15, 0.2) is 76.8 Å². The van der Waals surface area contributed by atoms with E-state index in [4.69, 9.17) is 0 Å². The lowest BCUT2D eigenvalue weighted by atomic mass is 10.2. The summed E-state index contributed by atoms with van der Waals surface area (Å²) < 4.78 is 38.5. The Hall–Kier alpha value is -3.59. The molecule has 0 atom stereocenters. The minimum Gasteiger partial charge on any atom is -0.348 e. The standard InChI is InChI=1S/C20H15FN4O3S/c21-16-2-1-3-18(9-16)29(27,28)17-6-4-13(5-7-17)10-23-20(26)15-8-14-12-24-25-19(14)22-11-15/h1-9,11-12H,10H2,(H,23,26)(H,22,24,25). The third-order valence-electron chi connectivity index (χ3n) is 4.35. The fourth-order valence-corrected chi connectivity index (χ4v) is 4.09. The molecule has 2 heterocycles. The van der Waals surface area contributed by atoms with E-state index < -0.39 is 15.7 Å². The lowest BCUT2D eigenvalue weighted by Gasteiger charge is -2.08. The van der Waals surface area contributed by atoms with E-state index in [1.807, 2.05) is 0 Å². The second-order valence-corrected chi connectivity index (χ2v) is 8.27. The van der Waals surface area contributed by atoms with Crippen molar-refractivity contribution in [3.05, 3.63) is 83.9 Å². The van der Waals surface area contributed by atoms with Gasteiger partial charge in [-0.2, -0.15) is 5.10 Å². The van der Waals surface area contributed by atoms with E-state index >= 15 is 0 Å². The van der Waals surface area contributed by atoms with Crippen LogP contribution in [0.25, 0.3) is 11.0 Å². The van der Waals surface area contributed by atoms with Crippen LogP contribution in [-0.4, -0.2) is 29.5 Å². The molecule has 4 rings (SSSR count). The Morgan fingerprint density at radius 2 is 1.83 bits per heavy atom. The molecule has 0 spiro atoms. The molecule has 0 fully saturated rings. The van der Waals surface area contributed by atoms with Crippen LogP contribution in [0.1, 0.15) is 15.9 Å². The minimum atomic E-state index is -3.81. The van der Waals surface area contributed by atoms with Crippen LogP contribution in [-0.2, 0) is 16.4 Å². The maximum Gasteiger partial charge on any atom is 0.253 e. The molecule has 0 saturated carbocycles. The first-order chi connectivity index (χ1) is 13.9. The third kappa shape index (κ3) is 3.85. The van der Waals surface area contributed by atoms with Crippen molar-refractivity contribution in [2.45, 2.75) is 16.3 Å². The van der Waals surface area contributed by atoms with E-state index in [0.29, 0.717) is 16.8 Å². The number of aromatic amines is 1. The zero-order valence-corrected chi connectivity index (χ0v) is 15.8. The minimum absolute atomic E-state index is 0.0489. The van der Waals surface area contributed by atoms with Gasteiger partial charge in [-0.3, -0.25) is 9.89 Å². The van der Waals surface area contributed by atoms with Crippen LogP contribution >= 0.6 is 0 Å². The quantitative estimate of drug-likeness (QED) is 0.526. The molecule has 0 saturated heterocycles. The number of carbonyl (C=O) groups excluding carboxylic acids is 1. The van der Waals surface area contributed by atoms with E-state index in [9.17, 15) is 17.6 Å². The van der Waals surface area contributed by atoms with E-state index in [1.54, 1.807) is 24.4 Å². The number of sulfone groups is 1. The molecule has 0 radical (unpaired) electrons. The van der Waals surface area contributed by atoms with E-state index in [2.05, 4.69) is 20.5 Å². The van der Waals surface area contributed by atoms with Crippen molar-refractivity contribution in [1.82, 2.24) is 20.5 Å². The van der Waals surface area contributed by atoms with Crippen LogP contribution in [0.3, 0.4) is 0 Å². The second-order valence-electron chi connectivity index (χ2n) is 6.32. The predicted octanol–water partition coefficient (Wildman–Crippen LogP) is 2.86. The molecular weight excluding hydrogens is 395 g/mol. The summed E-state index contributed by atoms with van der Waals surface area (Å²) in [5.41, 5.74) is 1.70. The highest BCUT2D eigenvalue weighted by atomic mass is 32.2. The molecule has 4 aromatic rings. The van der Waals surface area contributed by atoms with Gasteiger partial charge in [0, 0.05) is 18.1 Å². The first kappa shape index (κ1) is 18.8. The molecule has 0 aliphatic carbocycles. The highest BCUT2D eigenvalue weighted by molar-refractivity contribution is 7.91. The van der Waals surface area contributed by atoms with Crippen molar-refractivity contribution in [3.8, 4) is 0 Å². The van der Waals surface area contributed by atoms with Gasteiger partial charge in [0.2, 0.25) is 9.84 Å². The molecule has 2 aromatic carbocycles. The maximum absolute atomic E-state index is 13.3. The average Bonchev–Trinajstić information content (AvgIpc) is 3.20. The number of amides is 1.